The maximum Gasteiger partial charge on any atom is 0.335 e. The van der Waals surface area contributed by atoms with E-state index in [9.17, 15) is 9.18 Å². The van der Waals surface area contributed by atoms with Crippen molar-refractivity contribution in [2.45, 2.75) is 6.54 Å². The minimum atomic E-state index is -0.986. The second kappa shape index (κ2) is 5.27. The Labute approximate surface area is 103 Å². The van der Waals surface area contributed by atoms with E-state index in [-0.39, 0.29) is 11.4 Å². The van der Waals surface area contributed by atoms with Gasteiger partial charge in [0.05, 0.1) is 17.8 Å². The van der Waals surface area contributed by atoms with Crippen molar-refractivity contribution in [3.05, 3.63) is 59.7 Å². The third-order valence-electron chi connectivity index (χ3n) is 2.38. The fourth-order valence-corrected chi connectivity index (χ4v) is 1.47. The first-order valence-corrected chi connectivity index (χ1v) is 5.33. The van der Waals surface area contributed by atoms with E-state index in [4.69, 9.17) is 5.11 Å². The van der Waals surface area contributed by atoms with E-state index in [0.29, 0.717) is 12.2 Å². The summed E-state index contributed by atoms with van der Waals surface area (Å²) in [6, 6.07) is 8.85. The summed E-state index contributed by atoms with van der Waals surface area (Å²) >= 11 is 0. The molecule has 4 nitrogen and oxygen atoms in total. The molecule has 18 heavy (non-hydrogen) atoms. The van der Waals surface area contributed by atoms with Crippen LogP contribution in [0, 0.1) is 5.82 Å². The van der Waals surface area contributed by atoms with Gasteiger partial charge in [-0.25, -0.2) is 9.18 Å². The van der Waals surface area contributed by atoms with Crippen molar-refractivity contribution >= 4 is 11.7 Å². The van der Waals surface area contributed by atoms with Gasteiger partial charge in [0.25, 0.3) is 0 Å². The second-order valence-electron chi connectivity index (χ2n) is 3.70. The van der Waals surface area contributed by atoms with Crippen LogP contribution in [0.2, 0.25) is 0 Å². The van der Waals surface area contributed by atoms with Crippen molar-refractivity contribution in [1.82, 2.24) is 4.98 Å². The summed E-state index contributed by atoms with van der Waals surface area (Å²) in [5, 5.41) is 11.9. The summed E-state index contributed by atoms with van der Waals surface area (Å²) in [6.45, 7) is 0.382. The molecule has 0 aliphatic heterocycles. The number of aromatic carboxylic acids is 1. The number of benzene rings is 1. The summed E-state index contributed by atoms with van der Waals surface area (Å²) < 4.78 is 12.7. The molecular formula is C13H11FN2O2. The molecule has 0 saturated carbocycles. The number of aromatic nitrogens is 1. The highest BCUT2D eigenvalue weighted by Gasteiger charge is 2.04. The Balaban J connectivity index is 2.04. The molecule has 1 heterocycles. The van der Waals surface area contributed by atoms with E-state index in [1.54, 1.807) is 12.1 Å². The van der Waals surface area contributed by atoms with Crippen LogP contribution in [-0.4, -0.2) is 16.1 Å². The van der Waals surface area contributed by atoms with Crippen LogP contribution in [-0.2, 0) is 6.54 Å². The van der Waals surface area contributed by atoms with Gasteiger partial charge in [-0.3, -0.25) is 4.98 Å². The molecule has 0 saturated heterocycles. The predicted molar refractivity (Wildman–Crippen MR) is 64.9 cm³/mol. The molecule has 5 heteroatoms. The van der Waals surface area contributed by atoms with Gasteiger partial charge in [0, 0.05) is 11.9 Å². The normalized spacial score (nSPS) is 10.1. The summed E-state index contributed by atoms with van der Waals surface area (Å²) in [6.07, 6.45) is 1.45. The highest BCUT2D eigenvalue weighted by molar-refractivity contribution is 5.87. The predicted octanol–water partition coefficient (Wildman–Crippen LogP) is 2.53. The lowest BCUT2D eigenvalue weighted by atomic mass is 10.2. The number of carbonyl (C=O) groups is 1. The average molecular weight is 246 g/mol. The Hall–Kier alpha value is -2.43. The zero-order valence-electron chi connectivity index (χ0n) is 9.43. The minimum Gasteiger partial charge on any atom is -0.478 e. The van der Waals surface area contributed by atoms with E-state index in [1.165, 1.54) is 30.5 Å². The lowest BCUT2D eigenvalue weighted by Crippen LogP contribution is -2.04. The molecule has 2 aromatic rings. The standard InChI is InChI=1S/C13H11FN2O2/c14-10-1-3-11(4-2-10)16-8-12-7-9(13(17)18)5-6-15-12/h1-7,16H,8H2,(H,17,18). The molecule has 0 atom stereocenters. The third kappa shape index (κ3) is 3.04. The van der Waals surface area contributed by atoms with Crippen molar-refractivity contribution in [3.8, 4) is 0 Å². The van der Waals surface area contributed by atoms with Crippen LogP contribution in [0.5, 0.6) is 0 Å². The number of hydrogen-bond acceptors (Lipinski definition) is 3. The van der Waals surface area contributed by atoms with Gasteiger partial charge in [-0.2, -0.15) is 0 Å². The topological polar surface area (TPSA) is 62.2 Å². The Bertz CT molecular complexity index is 555. The molecule has 0 amide bonds. The maximum atomic E-state index is 12.7. The van der Waals surface area contributed by atoms with Gasteiger partial charge in [0.15, 0.2) is 0 Å². The molecule has 1 aromatic carbocycles. The smallest absolute Gasteiger partial charge is 0.335 e. The van der Waals surface area contributed by atoms with E-state index >= 15 is 0 Å². The van der Waals surface area contributed by atoms with Crippen LogP contribution in [0.3, 0.4) is 0 Å². The molecule has 2 N–H and O–H groups in total. The fraction of sp³-hybridized carbons (Fsp3) is 0.0769. The van der Waals surface area contributed by atoms with Gasteiger partial charge in [-0.15, -0.1) is 0 Å². The number of halogens is 1. The molecule has 0 bridgehead atoms. The number of carboxylic acid groups (broad SMARTS) is 1. The van der Waals surface area contributed by atoms with Crippen LogP contribution in [0.1, 0.15) is 16.1 Å². The Kier molecular flexibility index (Phi) is 3.52. The van der Waals surface area contributed by atoms with Crippen LogP contribution in [0.25, 0.3) is 0 Å². The molecule has 0 radical (unpaired) electrons. The quantitative estimate of drug-likeness (QED) is 0.870. The third-order valence-corrected chi connectivity index (χ3v) is 2.38. The first-order chi connectivity index (χ1) is 8.65. The molecule has 0 aliphatic rings. The van der Waals surface area contributed by atoms with Gasteiger partial charge >= 0.3 is 5.97 Å². The lowest BCUT2D eigenvalue weighted by Gasteiger charge is -2.06. The zero-order chi connectivity index (χ0) is 13.0. The number of nitrogens with one attached hydrogen (secondary N) is 1. The van der Waals surface area contributed by atoms with Crippen LogP contribution in [0.4, 0.5) is 10.1 Å². The molecule has 92 valence electrons. The van der Waals surface area contributed by atoms with Gasteiger partial charge in [-0.05, 0) is 36.4 Å². The van der Waals surface area contributed by atoms with Crippen LogP contribution < -0.4 is 5.32 Å². The minimum absolute atomic E-state index is 0.195. The highest BCUT2D eigenvalue weighted by atomic mass is 19.1. The van der Waals surface area contributed by atoms with Crippen molar-refractivity contribution < 1.29 is 14.3 Å². The lowest BCUT2D eigenvalue weighted by molar-refractivity contribution is 0.0696. The molecule has 1 aromatic heterocycles. The fourth-order valence-electron chi connectivity index (χ4n) is 1.47. The number of hydrogen-bond donors (Lipinski definition) is 2. The summed E-state index contributed by atoms with van der Waals surface area (Å²) in [4.78, 5) is 14.8. The highest BCUT2D eigenvalue weighted by Crippen LogP contribution is 2.10. The number of nitrogens with zero attached hydrogens (tertiary/aromatic N) is 1. The van der Waals surface area contributed by atoms with E-state index in [1.807, 2.05) is 0 Å². The maximum absolute atomic E-state index is 12.7. The monoisotopic (exact) mass is 246 g/mol. The first-order valence-electron chi connectivity index (χ1n) is 5.33. The number of rotatable bonds is 4. The Morgan fingerprint density at radius 2 is 2.00 bits per heavy atom. The summed E-state index contributed by atoms with van der Waals surface area (Å²) in [5.74, 6) is -1.29. The zero-order valence-corrected chi connectivity index (χ0v) is 9.43. The molecule has 0 spiro atoms. The second-order valence-corrected chi connectivity index (χ2v) is 3.70. The van der Waals surface area contributed by atoms with Gasteiger partial charge in [0.1, 0.15) is 5.82 Å². The summed E-state index contributed by atoms with van der Waals surface area (Å²) in [7, 11) is 0. The molecular weight excluding hydrogens is 235 g/mol. The molecule has 0 aliphatic carbocycles. The number of anilines is 1. The molecule has 0 unspecified atom stereocenters. The number of pyridine rings is 1. The molecule has 0 fully saturated rings. The van der Waals surface area contributed by atoms with Crippen molar-refractivity contribution in [2.75, 3.05) is 5.32 Å². The Morgan fingerprint density at radius 1 is 1.28 bits per heavy atom. The van der Waals surface area contributed by atoms with Gasteiger partial charge in [-0.1, -0.05) is 0 Å². The average Bonchev–Trinajstić information content (AvgIpc) is 2.38. The van der Waals surface area contributed by atoms with Crippen molar-refractivity contribution in [3.63, 3.8) is 0 Å². The van der Waals surface area contributed by atoms with Crippen molar-refractivity contribution in [2.24, 2.45) is 0 Å². The van der Waals surface area contributed by atoms with Crippen LogP contribution in [0.15, 0.2) is 42.6 Å². The first kappa shape index (κ1) is 12.0. The van der Waals surface area contributed by atoms with E-state index in [2.05, 4.69) is 10.3 Å². The van der Waals surface area contributed by atoms with Crippen molar-refractivity contribution in [1.29, 1.82) is 0 Å². The SMILES string of the molecule is O=C(O)c1ccnc(CNc2ccc(F)cc2)c1. The number of carboxylic acids is 1. The van der Waals surface area contributed by atoms with E-state index < -0.39 is 5.97 Å². The largest absolute Gasteiger partial charge is 0.478 e. The van der Waals surface area contributed by atoms with E-state index in [0.717, 1.165) is 5.69 Å². The summed E-state index contributed by atoms with van der Waals surface area (Å²) in [5.41, 5.74) is 1.55. The van der Waals surface area contributed by atoms with Crippen LogP contribution >= 0.6 is 0 Å². The van der Waals surface area contributed by atoms with Gasteiger partial charge in [0.2, 0.25) is 0 Å². The Morgan fingerprint density at radius 3 is 2.67 bits per heavy atom. The molecule has 2 rings (SSSR count). The van der Waals surface area contributed by atoms with Gasteiger partial charge < -0.3 is 10.4 Å².